The Bertz CT molecular complexity index is 970. The summed E-state index contributed by atoms with van der Waals surface area (Å²) in [6, 6.07) is 3.96. The first-order valence-electron chi connectivity index (χ1n) is 7.46. The topological polar surface area (TPSA) is 71.5 Å². The third-order valence-electron chi connectivity index (χ3n) is 3.75. The molecule has 1 aromatic carbocycles. The number of nitrogens with one attached hydrogen (secondary N) is 1. The fourth-order valence-electron chi connectivity index (χ4n) is 2.33. The first-order valence-corrected chi connectivity index (χ1v) is 9.32. The van der Waals surface area contributed by atoms with Crippen molar-refractivity contribution in [1.82, 2.24) is 9.99 Å². The number of sulfone groups is 1. The predicted octanol–water partition coefficient (Wildman–Crippen LogP) is 3.85. The number of rotatable bonds is 3. The molecule has 9 heteroatoms. The van der Waals surface area contributed by atoms with Gasteiger partial charge >= 0.3 is 0 Å². The summed E-state index contributed by atoms with van der Waals surface area (Å²) in [5.74, 6) is 0. The number of hydrazine groups is 1. The molecule has 0 aliphatic carbocycles. The van der Waals surface area contributed by atoms with Crippen LogP contribution < -0.4 is 5.43 Å². The SMILES string of the molecule is CC(C)(C)S(=O)(=O)c1cc2c(NN3C=C(F)OC3)ccnc2cc1Cl. The van der Waals surface area contributed by atoms with Gasteiger partial charge in [0, 0.05) is 11.6 Å². The lowest BCUT2D eigenvalue weighted by Crippen LogP contribution is -2.28. The van der Waals surface area contributed by atoms with Crippen molar-refractivity contribution in [2.45, 2.75) is 30.4 Å². The number of ether oxygens (including phenoxy) is 1. The van der Waals surface area contributed by atoms with Crippen molar-refractivity contribution in [2.24, 2.45) is 0 Å². The van der Waals surface area contributed by atoms with Gasteiger partial charge in [-0.15, -0.1) is 0 Å². The maximum atomic E-state index is 13.0. The summed E-state index contributed by atoms with van der Waals surface area (Å²) in [5.41, 5.74) is 4.04. The summed E-state index contributed by atoms with van der Waals surface area (Å²) >= 11 is 6.21. The minimum atomic E-state index is -3.65. The van der Waals surface area contributed by atoms with Gasteiger partial charge in [0.05, 0.1) is 32.1 Å². The Hall–Kier alpha value is -2.06. The van der Waals surface area contributed by atoms with Gasteiger partial charge in [-0.25, -0.2) is 8.42 Å². The Morgan fingerprint density at radius 2 is 2.08 bits per heavy atom. The number of nitrogens with zero attached hydrogens (tertiary/aromatic N) is 2. The average Bonchev–Trinajstić information content (AvgIpc) is 2.90. The zero-order valence-corrected chi connectivity index (χ0v) is 15.4. The van der Waals surface area contributed by atoms with Crippen LogP contribution in [0.2, 0.25) is 5.02 Å². The molecule has 1 aromatic heterocycles. The number of pyridine rings is 1. The molecule has 0 spiro atoms. The van der Waals surface area contributed by atoms with Crippen molar-refractivity contribution in [3.8, 4) is 0 Å². The fourth-order valence-corrected chi connectivity index (χ4v) is 4.04. The van der Waals surface area contributed by atoms with Crippen LogP contribution in [0.3, 0.4) is 0 Å². The van der Waals surface area contributed by atoms with E-state index < -0.39 is 20.6 Å². The standard InChI is InChI=1S/C16H17ClFN3O3S/c1-16(2,3)25(22,23)14-6-10-12(20-21-8-15(18)24-9-21)4-5-19-13(10)7-11(14)17/h4-8H,9H2,1-3H3,(H,19,20). The predicted molar refractivity (Wildman–Crippen MR) is 94.3 cm³/mol. The summed E-state index contributed by atoms with van der Waals surface area (Å²) in [6.07, 6.45) is 2.71. The van der Waals surface area contributed by atoms with Gasteiger partial charge in [0.1, 0.15) is 0 Å². The Kier molecular flexibility index (Phi) is 4.28. The quantitative estimate of drug-likeness (QED) is 0.865. The summed E-state index contributed by atoms with van der Waals surface area (Å²) in [6.45, 7) is 4.83. The number of halogens is 2. The molecule has 0 unspecified atom stereocenters. The van der Waals surface area contributed by atoms with Crippen LogP contribution in [0.15, 0.2) is 41.5 Å². The third-order valence-corrected chi connectivity index (χ3v) is 6.71. The largest absolute Gasteiger partial charge is 0.446 e. The second kappa shape index (κ2) is 6.03. The zero-order chi connectivity index (χ0) is 18.4. The molecule has 1 aliphatic rings. The molecule has 0 bridgehead atoms. The number of hydrogen-bond acceptors (Lipinski definition) is 6. The molecule has 25 heavy (non-hydrogen) atoms. The smallest absolute Gasteiger partial charge is 0.292 e. The van der Waals surface area contributed by atoms with Gasteiger partial charge in [-0.3, -0.25) is 15.4 Å². The Balaban J connectivity index is 2.13. The van der Waals surface area contributed by atoms with Gasteiger partial charge in [-0.05, 0) is 39.0 Å². The first kappa shape index (κ1) is 17.8. The van der Waals surface area contributed by atoms with Crippen LogP contribution in [0.4, 0.5) is 10.1 Å². The van der Waals surface area contributed by atoms with Crippen LogP contribution in [0.5, 0.6) is 0 Å². The second-order valence-corrected chi connectivity index (χ2v) is 9.64. The maximum Gasteiger partial charge on any atom is 0.292 e. The molecule has 2 heterocycles. The molecule has 0 fully saturated rings. The molecule has 0 saturated heterocycles. The van der Waals surface area contributed by atoms with E-state index in [9.17, 15) is 12.8 Å². The number of aromatic nitrogens is 1. The highest BCUT2D eigenvalue weighted by Crippen LogP contribution is 2.35. The van der Waals surface area contributed by atoms with E-state index in [1.807, 2.05) is 0 Å². The van der Waals surface area contributed by atoms with Crippen LogP contribution in [0, 0.1) is 0 Å². The summed E-state index contributed by atoms with van der Waals surface area (Å²) in [4.78, 5) is 4.25. The molecule has 0 radical (unpaired) electrons. The molecule has 3 rings (SSSR count). The number of fused-ring (bicyclic) bond motifs is 1. The van der Waals surface area contributed by atoms with E-state index in [1.165, 1.54) is 17.1 Å². The lowest BCUT2D eigenvalue weighted by Gasteiger charge is -2.21. The van der Waals surface area contributed by atoms with E-state index in [0.717, 1.165) is 6.20 Å². The summed E-state index contributed by atoms with van der Waals surface area (Å²) in [5, 5.41) is 2.06. The van der Waals surface area contributed by atoms with Gasteiger partial charge in [-0.1, -0.05) is 11.6 Å². The zero-order valence-electron chi connectivity index (χ0n) is 13.9. The van der Waals surface area contributed by atoms with E-state index in [1.54, 1.807) is 33.0 Å². The molecule has 134 valence electrons. The summed E-state index contributed by atoms with van der Waals surface area (Å²) < 4.78 is 42.4. The molecule has 0 saturated carbocycles. The number of benzene rings is 1. The molecular formula is C16H17ClFN3O3S. The number of hydrogen-bond donors (Lipinski definition) is 1. The molecule has 1 aliphatic heterocycles. The van der Waals surface area contributed by atoms with E-state index >= 15 is 0 Å². The molecular weight excluding hydrogens is 369 g/mol. The van der Waals surface area contributed by atoms with E-state index in [0.29, 0.717) is 16.6 Å². The van der Waals surface area contributed by atoms with Crippen molar-refractivity contribution in [1.29, 1.82) is 0 Å². The summed E-state index contributed by atoms with van der Waals surface area (Å²) in [7, 11) is -3.65. The minimum absolute atomic E-state index is 0.00359. The molecule has 1 N–H and O–H groups in total. The molecule has 2 aromatic rings. The van der Waals surface area contributed by atoms with Gasteiger partial charge < -0.3 is 4.74 Å². The highest BCUT2D eigenvalue weighted by molar-refractivity contribution is 7.92. The van der Waals surface area contributed by atoms with E-state index in [2.05, 4.69) is 10.4 Å². The van der Waals surface area contributed by atoms with Gasteiger partial charge in [0.15, 0.2) is 16.6 Å². The number of anilines is 1. The van der Waals surface area contributed by atoms with Crippen LogP contribution in [0.1, 0.15) is 20.8 Å². The lowest BCUT2D eigenvalue weighted by molar-refractivity contribution is 0.126. The lowest BCUT2D eigenvalue weighted by atomic mass is 10.2. The van der Waals surface area contributed by atoms with Gasteiger partial charge in [0.25, 0.3) is 6.01 Å². The van der Waals surface area contributed by atoms with E-state index in [4.69, 9.17) is 16.3 Å². The van der Waals surface area contributed by atoms with Gasteiger partial charge in [0.2, 0.25) is 0 Å². The van der Waals surface area contributed by atoms with Crippen molar-refractivity contribution in [2.75, 3.05) is 12.2 Å². The maximum absolute atomic E-state index is 13.0. The highest BCUT2D eigenvalue weighted by Gasteiger charge is 2.33. The molecule has 0 atom stereocenters. The first-order chi connectivity index (χ1) is 11.6. The average molecular weight is 386 g/mol. The Labute approximate surface area is 150 Å². The van der Waals surface area contributed by atoms with Crippen molar-refractivity contribution in [3.63, 3.8) is 0 Å². The fraction of sp³-hybridized carbons (Fsp3) is 0.312. The van der Waals surface area contributed by atoms with Crippen LogP contribution in [-0.4, -0.2) is 29.9 Å². The minimum Gasteiger partial charge on any atom is -0.446 e. The Morgan fingerprint density at radius 1 is 1.36 bits per heavy atom. The van der Waals surface area contributed by atoms with Crippen molar-refractivity contribution >= 4 is 38.0 Å². The van der Waals surface area contributed by atoms with Crippen molar-refractivity contribution in [3.05, 3.63) is 41.6 Å². The molecule has 6 nitrogen and oxygen atoms in total. The monoisotopic (exact) mass is 385 g/mol. The van der Waals surface area contributed by atoms with Crippen LogP contribution >= 0.6 is 11.6 Å². The van der Waals surface area contributed by atoms with Crippen LogP contribution in [-0.2, 0) is 14.6 Å². The third kappa shape index (κ3) is 3.23. The van der Waals surface area contributed by atoms with Crippen LogP contribution in [0.25, 0.3) is 10.9 Å². The Morgan fingerprint density at radius 3 is 2.68 bits per heavy atom. The highest BCUT2D eigenvalue weighted by atomic mass is 35.5. The molecule has 0 amide bonds. The second-order valence-electron chi connectivity index (χ2n) is 6.56. The van der Waals surface area contributed by atoms with Gasteiger partial charge in [-0.2, -0.15) is 4.39 Å². The van der Waals surface area contributed by atoms with E-state index in [-0.39, 0.29) is 16.6 Å². The normalized spacial score (nSPS) is 15.2. The van der Waals surface area contributed by atoms with Crippen molar-refractivity contribution < 1.29 is 17.5 Å².